The molecule has 0 unspecified atom stereocenters. The molecule has 0 bridgehead atoms. The highest BCUT2D eigenvalue weighted by Gasteiger charge is 2.07. The van der Waals surface area contributed by atoms with Crippen LogP contribution in [0.2, 0.25) is 0 Å². The van der Waals surface area contributed by atoms with Crippen LogP contribution in [0.25, 0.3) is 0 Å². The minimum absolute atomic E-state index is 0.173. The van der Waals surface area contributed by atoms with E-state index in [1.807, 2.05) is 0 Å². The van der Waals surface area contributed by atoms with Crippen molar-refractivity contribution in [2.75, 3.05) is 12.3 Å². The Morgan fingerprint density at radius 1 is 1.21 bits per heavy atom. The first-order valence-electron chi connectivity index (χ1n) is 6.84. The van der Waals surface area contributed by atoms with Gasteiger partial charge in [0, 0.05) is 0 Å². The lowest BCUT2D eigenvalue weighted by atomic mass is 10.1. The van der Waals surface area contributed by atoms with E-state index in [9.17, 15) is 4.79 Å². The van der Waals surface area contributed by atoms with Crippen molar-refractivity contribution in [1.82, 2.24) is 4.98 Å². The van der Waals surface area contributed by atoms with Crippen LogP contribution in [0, 0.1) is 0 Å². The average molecular weight is 265 g/mol. The Bertz CT molecular complexity index is 408. The Balaban J connectivity index is 2.32. The SMILES string of the molecule is CCCCCCCCOc1nc(C(N)=O)ccc1N. The summed E-state index contributed by atoms with van der Waals surface area (Å²) < 4.78 is 5.49. The van der Waals surface area contributed by atoms with Crippen LogP contribution in [0.15, 0.2) is 12.1 Å². The molecule has 0 saturated heterocycles. The fourth-order valence-electron chi connectivity index (χ4n) is 1.76. The van der Waals surface area contributed by atoms with Crippen molar-refractivity contribution in [2.24, 2.45) is 5.73 Å². The maximum atomic E-state index is 11.0. The Kier molecular flexibility index (Phi) is 6.71. The molecule has 0 spiro atoms. The predicted molar refractivity (Wildman–Crippen MR) is 76.0 cm³/mol. The summed E-state index contributed by atoms with van der Waals surface area (Å²) in [5, 5.41) is 0. The summed E-state index contributed by atoms with van der Waals surface area (Å²) in [5.41, 5.74) is 11.5. The highest BCUT2D eigenvalue weighted by Crippen LogP contribution is 2.18. The Morgan fingerprint density at radius 3 is 2.58 bits per heavy atom. The molecule has 4 N–H and O–H groups in total. The highest BCUT2D eigenvalue weighted by atomic mass is 16.5. The number of nitrogen functional groups attached to an aromatic ring is 1. The second-order valence-electron chi connectivity index (χ2n) is 4.57. The maximum Gasteiger partial charge on any atom is 0.267 e. The van der Waals surface area contributed by atoms with Crippen molar-refractivity contribution >= 4 is 11.6 Å². The summed E-state index contributed by atoms with van der Waals surface area (Å²) in [5.74, 6) is -0.283. The van der Waals surface area contributed by atoms with Crippen LogP contribution < -0.4 is 16.2 Å². The molecular weight excluding hydrogens is 242 g/mol. The molecule has 0 aromatic carbocycles. The molecule has 0 saturated carbocycles. The number of pyridine rings is 1. The maximum absolute atomic E-state index is 11.0. The van der Waals surface area contributed by atoms with E-state index in [-0.39, 0.29) is 5.69 Å². The number of hydrogen-bond donors (Lipinski definition) is 2. The van der Waals surface area contributed by atoms with Crippen molar-refractivity contribution in [2.45, 2.75) is 45.4 Å². The number of nitrogens with two attached hydrogens (primary N) is 2. The highest BCUT2D eigenvalue weighted by molar-refractivity contribution is 5.91. The monoisotopic (exact) mass is 265 g/mol. The molecule has 0 radical (unpaired) electrons. The summed E-state index contributed by atoms with van der Waals surface area (Å²) in [7, 11) is 0. The third-order valence-corrected chi connectivity index (χ3v) is 2.88. The molecule has 5 heteroatoms. The van der Waals surface area contributed by atoms with Gasteiger partial charge in [-0.2, -0.15) is 0 Å². The van der Waals surface area contributed by atoms with Gasteiger partial charge in [0.05, 0.1) is 12.3 Å². The van der Waals surface area contributed by atoms with E-state index in [0.29, 0.717) is 18.2 Å². The number of primary amides is 1. The summed E-state index contributed by atoms with van der Waals surface area (Å²) in [6.45, 7) is 2.76. The minimum atomic E-state index is -0.579. The van der Waals surface area contributed by atoms with Gasteiger partial charge in [-0.05, 0) is 18.6 Å². The van der Waals surface area contributed by atoms with Gasteiger partial charge in [-0.3, -0.25) is 4.79 Å². The molecule has 1 rings (SSSR count). The molecular formula is C14H23N3O2. The topological polar surface area (TPSA) is 91.2 Å². The third kappa shape index (κ3) is 5.59. The van der Waals surface area contributed by atoms with Crippen LogP contribution in [-0.4, -0.2) is 17.5 Å². The molecule has 1 heterocycles. The van der Waals surface area contributed by atoms with Crippen LogP contribution in [0.1, 0.15) is 55.9 Å². The van der Waals surface area contributed by atoms with Crippen LogP contribution in [0.3, 0.4) is 0 Å². The summed E-state index contributed by atoms with van der Waals surface area (Å²) in [6, 6.07) is 3.08. The van der Waals surface area contributed by atoms with Crippen molar-refractivity contribution in [1.29, 1.82) is 0 Å². The predicted octanol–water partition coefficient (Wildman–Crippen LogP) is 2.50. The number of unbranched alkanes of at least 4 members (excludes halogenated alkanes) is 5. The van der Waals surface area contributed by atoms with Crippen molar-refractivity contribution in [3.8, 4) is 5.88 Å². The number of anilines is 1. The Hall–Kier alpha value is -1.78. The second-order valence-corrected chi connectivity index (χ2v) is 4.57. The van der Waals surface area contributed by atoms with E-state index in [1.54, 1.807) is 6.07 Å². The van der Waals surface area contributed by atoms with E-state index < -0.39 is 5.91 Å². The summed E-state index contributed by atoms with van der Waals surface area (Å²) in [4.78, 5) is 15.0. The average Bonchev–Trinajstić information content (AvgIpc) is 2.39. The van der Waals surface area contributed by atoms with Crippen molar-refractivity contribution in [3.05, 3.63) is 17.8 Å². The van der Waals surface area contributed by atoms with E-state index >= 15 is 0 Å². The molecule has 106 valence electrons. The third-order valence-electron chi connectivity index (χ3n) is 2.88. The van der Waals surface area contributed by atoms with E-state index in [0.717, 1.165) is 12.8 Å². The first kappa shape index (κ1) is 15.3. The normalized spacial score (nSPS) is 10.4. The molecule has 0 fully saturated rings. The van der Waals surface area contributed by atoms with Crippen LogP contribution in [0.5, 0.6) is 5.88 Å². The van der Waals surface area contributed by atoms with Gasteiger partial charge in [0.25, 0.3) is 5.91 Å². The number of hydrogen-bond acceptors (Lipinski definition) is 4. The van der Waals surface area contributed by atoms with Gasteiger partial charge in [0.2, 0.25) is 5.88 Å². The minimum Gasteiger partial charge on any atom is -0.476 e. The number of carbonyl (C=O) groups excluding carboxylic acids is 1. The zero-order chi connectivity index (χ0) is 14.1. The van der Waals surface area contributed by atoms with Gasteiger partial charge < -0.3 is 16.2 Å². The molecule has 19 heavy (non-hydrogen) atoms. The summed E-state index contributed by atoms with van der Waals surface area (Å²) in [6.07, 6.45) is 7.13. The lowest BCUT2D eigenvalue weighted by Crippen LogP contribution is -2.14. The Labute approximate surface area is 114 Å². The molecule has 1 amide bonds. The molecule has 0 aliphatic rings. The van der Waals surface area contributed by atoms with E-state index in [2.05, 4.69) is 11.9 Å². The lowest BCUT2D eigenvalue weighted by Gasteiger charge is -2.08. The smallest absolute Gasteiger partial charge is 0.267 e. The number of ether oxygens (including phenoxy) is 1. The van der Waals surface area contributed by atoms with Gasteiger partial charge in [0.1, 0.15) is 5.69 Å². The van der Waals surface area contributed by atoms with Gasteiger partial charge in [-0.1, -0.05) is 39.0 Å². The fourth-order valence-corrected chi connectivity index (χ4v) is 1.76. The fraction of sp³-hybridized carbons (Fsp3) is 0.571. The van der Waals surface area contributed by atoms with Crippen LogP contribution >= 0.6 is 0 Å². The van der Waals surface area contributed by atoms with E-state index in [1.165, 1.54) is 31.7 Å². The van der Waals surface area contributed by atoms with Gasteiger partial charge in [-0.25, -0.2) is 4.98 Å². The molecule has 1 aromatic heterocycles. The first-order valence-corrected chi connectivity index (χ1v) is 6.84. The molecule has 0 atom stereocenters. The van der Waals surface area contributed by atoms with E-state index in [4.69, 9.17) is 16.2 Å². The molecule has 5 nitrogen and oxygen atoms in total. The molecule has 0 aliphatic heterocycles. The quantitative estimate of drug-likeness (QED) is 0.671. The van der Waals surface area contributed by atoms with Crippen LogP contribution in [-0.2, 0) is 0 Å². The zero-order valence-electron chi connectivity index (χ0n) is 11.5. The van der Waals surface area contributed by atoms with Gasteiger partial charge in [-0.15, -0.1) is 0 Å². The van der Waals surface area contributed by atoms with Crippen molar-refractivity contribution in [3.63, 3.8) is 0 Å². The van der Waals surface area contributed by atoms with Gasteiger partial charge in [0.15, 0.2) is 0 Å². The Morgan fingerprint density at radius 2 is 1.89 bits per heavy atom. The zero-order valence-corrected chi connectivity index (χ0v) is 11.5. The van der Waals surface area contributed by atoms with Gasteiger partial charge >= 0.3 is 0 Å². The van der Waals surface area contributed by atoms with Crippen LogP contribution in [0.4, 0.5) is 5.69 Å². The number of aromatic nitrogens is 1. The number of amides is 1. The number of rotatable bonds is 9. The first-order chi connectivity index (χ1) is 9.15. The molecule has 0 aliphatic carbocycles. The number of nitrogens with zero attached hydrogens (tertiary/aromatic N) is 1. The standard InChI is InChI=1S/C14H23N3O2/c1-2-3-4-5-6-7-10-19-14-11(15)8-9-12(17-14)13(16)18/h8-9H,2-7,10,15H2,1H3,(H2,16,18). The number of carbonyl (C=O) groups is 1. The lowest BCUT2D eigenvalue weighted by molar-refractivity contribution is 0.0994. The largest absolute Gasteiger partial charge is 0.476 e. The molecule has 1 aromatic rings. The second kappa shape index (κ2) is 8.34. The summed E-state index contributed by atoms with van der Waals surface area (Å²) >= 11 is 0. The van der Waals surface area contributed by atoms with Crippen molar-refractivity contribution < 1.29 is 9.53 Å².